The lowest BCUT2D eigenvalue weighted by Gasteiger charge is -2.04. The summed E-state index contributed by atoms with van der Waals surface area (Å²) in [5.41, 5.74) is 0.942. The van der Waals surface area contributed by atoms with Gasteiger partial charge in [-0.25, -0.2) is 4.79 Å². The van der Waals surface area contributed by atoms with Crippen molar-refractivity contribution in [3.05, 3.63) is 29.8 Å². The van der Waals surface area contributed by atoms with Crippen LogP contribution in [-0.2, 0) is 19.0 Å². The van der Waals surface area contributed by atoms with Gasteiger partial charge in [0.05, 0.1) is 6.61 Å². The van der Waals surface area contributed by atoms with E-state index in [-0.39, 0.29) is 18.9 Å². The highest BCUT2D eigenvalue weighted by atomic mass is 16.7. The number of benzene rings is 1. The molecule has 1 aliphatic heterocycles. The fourth-order valence-corrected chi connectivity index (χ4v) is 1.65. The van der Waals surface area contributed by atoms with E-state index >= 15 is 0 Å². The highest BCUT2D eigenvalue weighted by Crippen LogP contribution is 2.39. The number of esters is 1. The Kier molecular flexibility index (Phi) is 4.17. The van der Waals surface area contributed by atoms with Crippen molar-refractivity contribution in [2.24, 2.45) is 0 Å². The van der Waals surface area contributed by atoms with Crippen LogP contribution in [0.1, 0.15) is 18.6 Å². The van der Waals surface area contributed by atoms with E-state index < -0.39 is 6.10 Å². The molecule has 1 fully saturated rings. The number of methoxy groups -OCH3 is 1. The van der Waals surface area contributed by atoms with Crippen molar-refractivity contribution >= 4 is 5.97 Å². The van der Waals surface area contributed by atoms with Gasteiger partial charge in [0, 0.05) is 7.11 Å². The monoisotopic (exact) mass is 252 g/mol. The number of hydrogen-bond acceptors (Lipinski definition) is 5. The van der Waals surface area contributed by atoms with Gasteiger partial charge >= 0.3 is 5.97 Å². The van der Waals surface area contributed by atoms with Crippen molar-refractivity contribution in [1.29, 1.82) is 0 Å². The minimum atomic E-state index is -0.462. The van der Waals surface area contributed by atoms with Crippen molar-refractivity contribution < 1.29 is 23.7 Å². The molecule has 18 heavy (non-hydrogen) atoms. The average molecular weight is 252 g/mol. The van der Waals surface area contributed by atoms with Crippen LogP contribution in [0.25, 0.3) is 0 Å². The van der Waals surface area contributed by atoms with Gasteiger partial charge in [-0.15, -0.1) is 0 Å². The van der Waals surface area contributed by atoms with E-state index in [1.54, 1.807) is 14.0 Å². The molecule has 1 aromatic carbocycles. The normalized spacial score (nSPS) is 21.4. The van der Waals surface area contributed by atoms with E-state index in [1.165, 1.54) is 0 Å². The number of epoxide rings is 1. The third-order valence-corrected chi connectivity index (χ3v) is 2.56. The summed E-state index contributed by atoms with van der Waals surface area (Å²) in [5.74, 6) is 0.413. The van der Waals surface area contributed by atoms with Crippen LogP contribution in [-0.4, -0.2) is 32.6 Å². The molecule has 0 spiro atoms. The Morgan fingerprint density at radius 2 is 2.06 bits per heavy atom. The Morgan fingerprint density at radius 1 is 1.33 bits per heavy atom. The first-order valence-electron chi connectivity index (χ1n) is 5.80. The Bertz CT molecular complexity index is 400. The summed E-state index contributed by atoms with van der Waals surface area (Å²) in [6.07, 6.45) is -0.656. The van der Waals surface area contributed by atoms with E-state index in [0.717, 1.165) is 5.56 Å². The summed E-state index contributed by atoms with van der Waals surface area (Å²) in [6, 6.07) is 7.38. The molecule has 1 aromatic rings. The molecule has 0 radical (unpaired) electrons. The SMILES string of the molecule is CCOC(=O)C1OC1c1ccc(OCOC)cc1. The second-order valence-electron chi connectivity index (χ2n) is 3.85. The maximum Gasteiger partial charge on any atom is 0.338 e. The summed E-state index contributed by atoms with van der Waals surface area (Å²) in [5, 5.41) is 0. The molecule has 5 heteroatoms. The number of ether oxygens (including phenoxy) is 4. The largest absolute Gasteiger partial charge is 0.468 e. The first-order valence-corrected chi connectivity index (χ1v) is 5.80. The van der Waals surface area contributed by atoms with Gasteiger partial charge in [0.15, 0.2) is 12.9 Å². The zero-order valence-corrected chi connectivity index (χ0v) is 10.4. The van der Waals surface area contributed by atoms with Crippen LogP contribution >= 0.6 is 0 Å². The van der Waals surface area contributed by atoms with E-state index in [9.17, 15) is 4.79 Å². The third kappa shape index (κ3) is 3.00. The minimum Gasteiger partial charge on any atom is -0.468 e. The molecule has 0 saturated carbocycles. The summed E-state index contributed by atoms with van der Waals surface area (Å²) in [4.78, 5) is 11.4. The van der Waals surface area contributed by atoms with Gasteiger partial charge in [0.2, 0.25) is 0 Å². The van der Waals surface area contributed by atoms with E-state index in [0.29, 0.717) is 12.4 Å². The van der Waals surface area contributed by atoms with Gasteiger partial charge in [0.1, 0.15) is 11.9 Å². The van der Waals surface area contributed by atoms with Crippen LogP contribution in [0, 0.1) is 0 Å². The zero-order chi connectivity index (χ0) is 13.0. The molecule has 5 nitrogen and oxygen atoms in total. The van der Waals surface area contributed by atoms with Gasteiger partial charge in [-0.05, 0) is 24.6 Å². The lowest BCUT2D eigenvalue weighted by molar-refractivity contribution is -0.144. The predicted octanol–water partition coefficient (Wildman–Crippen LogP) is 1.67. The maximum atomic E-state index is 11.4. The summed E-state index contributed by atoms with van der Waals surface area (Å²) < 4.78 is 20.3. The second kappa shape index (κ2) is 5.84. The van der Waals surface area contributed by atoms with E-state index in [1.807, 2.05) is 24.3 Å². The van der Waals surface area contributed by atoms with Crippen LogP contribution in [0.3, 0.4) is 0 Å². The Morgan fingerprint density at radius 3 is 2.67 bits per heavy atom. The fourth-order valence-electron chi connectivity index (χ4n) is 1.65. The van der Waals surface area contributed by atoms with Crippen LogP contribution in [0.4, 0.5) is 0 Å². The topological polar surface area (TPSA) is 57.3 Å². The summed E-state index contributed by atoms with van der Waals surface area (Å²) >= 11 is 0. The molecule has 1 saturated heterocycles. The summed E-state index contributed by atoms with van der Waals surface area (Å²) in [7, 11) is 1.57. The first kappa shape index (κ1) is 12.9. The summed E-state index contributed by atoms with van der Waals surface area (Å²) in [6.45, 7) is 2.36. The lowest BCUT2D eigenvalue weighted by atomic mass is 10.1. The molecule has 0 N–H and O–H groups in total. The number of hydrogen-bond donors (Lipinski definition) is 0. The van der Waals surface area contributed by atoms with Gasteiger partial charge < -0.3 is 18.9 Å². The second-order valence-corrected chi connectivity index (χ2v) is 3.85. The quantitative estimate of drug-likeness (QED) is 0.438. The molecule has 2 rings (SSSR count). The van der Waals surface area contributed by atoms with Crippen LogP contribution in [0.5, 0.6) is 5.75 Å². The Hall–Kier alpha value is -1.59. The molecular formula is C13H16O5. The third-order valence-electron chi connectivity index (χ3n) is 2.56. The standard InChI is InChI=1S/C13H16O5/c1-3-16-13(14)12-11(18-12)9-4-6-10(7-5-9)17-8-15-2/h4-7,11-12H,3,8H2,1-2H3. The molecule has 2 unspecified atom stereocenters. The molecule has 0 bridgehead atoms. The van der Waals surface area contributed by atoms with Crippen molar-refractivity contribution in [3.8, 4) is 5.75 Å². The van der Waals surface area contributed by atoms with Crippen molar-refractivity contribution in [2.45, 2.75) is 19.1 Å². The van der Waals surface area contributed by atoms with Crippen molar-refractivity contribution in [2.75, 3.05) is 20.5 Å². The Labute approximate surface area is 106 Å². The molecule has 1 aliphatic rings. The fraction of sp³-hybridized carbons (Fsp3) is 0.462. The van der Waals surface area contributed by atoms with Crippen molar-refractivity contribution in [1.82, 2.24) is 0 Å². The Balaban J connectivity index is 1.90. The molecule has 2 atom stereocenters. The smallest absolute Gasteiger partial charge is 0.338 e. The van der Waals surface area contributed by atoms with Crippen LogP contribution < -0.4 is 4.74 Å². The van der Waals surface area contributed by atoms with Crippen molar-refractivity contribution in [3.63, 3.8) is 0 Å². The van der Waals surface area contributed by atoms with E-state index in [4.69, 9.17) is 18.9 Å². The molecular weight excluding hydrogens is 236 g/mol. The van der Waals surface area contributed by atoms with Gasteiger partial charge in [-0.2, -0.15) is 0 Å². The lowest BCUT2D eigenvalue weighted by Crippen LogP contribution is -2.11. The van der Waals surface area contributed by atoms with Gasteiger partial charge in [0.25, 0.3) is 0 Å². The van der Waals surface area contributed by atoms with Crippen LogP contribution in [0.15, 0.2) is 24.3 Å². The molecule has 0 aliphatic carbocycles. The maximum absolute atomic E-state index is 11.4. The molecule has 0 aromatic heterocycles. The molecule has 1 heterocycles. The highest BCUT2D eigenvalue weighted by molar-refractivity contribution is 5.78. The number of rotatable bonds is 6. The van der Waals surface area contributed by atoms with E-state index in [2.05, 4.69) is 0 Å². The first-order chi connectivity index (χ1) is 8.76. The predicted molar refractivity (Wildman–Crippen MR) is 63.2 cm³/mol. The molecule has 0 amide bonds. The van der Waals surface area contributed by atoms with Gasteiger partial charge in [-0.1, -0.05) is 12.1 Å². The average Bonchev–Trinajstić information content (AvgIpc) is 3.17. The number of carbonyl (C=O) groups is 1. The van der Waals surface area contributed by atoms with Crippen LogP contribution in [0.2, 0.25) is 0 Å². The molecule has 98 valence electrons. The minimum absolute atomic E-state index is 0.194. The zero-order valence-electron chi connectivity index (χ0n) is 10.4. The number of carbonyl (C=O) groups excluding carboxylic acids is 1. The highest BCUT2D eigenvalue weighted by Gasteiger charge is 2.47. The van der Waals surface area contributed by atoms with Gasteiger partial charge in [-0.3, -0.25) is 0 Å².